The summed E-state index contributed by atoms with van der Waals surface area (Å²) in [6.07, 6.45) is 5.58. The molecule has 0 spiro atoms. The van der Waals surface area contributed by atoms with Gasteiger partial charge < -0.3 is 15.3 Å². The van der Waals surface area contributed by atoms with Crippen LogP contribution in [0.25, 0.3) is 0 Å². The Morgan fingerprint density at radius 2 is 1.41 bits per heavy atom. The Hall–Kier alpha value is -1.15. The van der Waals surface area contributed by atoms with E-state index in [2.05, 4.69) is 0 Å². The Morgan fingerprint density at radius 3 is 1.52 bits per heavy atom. The van der Waals surface area contributed by atoms with Crippen molar-refractivity contribution < 1.29 is 29.7 Å². The zero-order chi connectivity index (χ0) is 23.4. The quantitative estimate of drug-likeness (QED) is 0.421. The molecular weight excluding hydrogens is 412 g/mol. The van der Waals surface area contributed by atoms with Crippen molar-refractivity contribution >= 4 is 41.4 Å². The van der Waals surface area contributed by atoms with E-state index in [-0.39, 0.29) is 0 Å². The molecule has 1 rings (SSSR count). The van der Waals surface area contributed by atoms with E-state index in [4.69, 9.17) is 15.3 Å². The number of hydrogen-bond acceptors (Lipinski definition) is 5. The van der Waals surface area contributed by atoms with Crippen molar-refractivity contribution in [2.24, 2.45) is 5.92 Å². The molecule has 1 fully saturated rings. The number of hydrogen-bond donors (Lipinski definition) is 3. The van der Waals surface area contributed by atoms with Crippen LogP contribution < -0.4 is 0 Å². The number of carboxylic acids is 3. The van der Waals surface area contributed by atoms with E-state index < -0.39 is 27.4 Å². The van der Waals surface area contributed by atoms with Crippen LogP contribution in [-0.4, -0.2) is 53.2 Å². The van der Waals surface area contributed by atoms with E-state index in [0.717, 1.165) is 25.3 Å². The molecule has 0 bridgehead atoms. The molecule has 0 aromatic carbocycles. The summed E-state index contributed by atoms with van der Waals surface area (Å²) in [5.74, 6) is -1.92. The van der Waals surface area contributed by atoms with Crippen LogP contribution >= 0.6 is 23.5 Å². The molecule has 170 valence electrons. The highest BCUT2D eigenvalue weighted by atomic mass is 32.2. The number of carbonyl (C=O) groups is 3. The van der Waals surface area contributed by atoms with Gasteiger partial charge in [0.2, 0.25) is 0 Å². The van der Waals surface area contributed by atoms with Crippen LogP contribution in [0.3, 0.4) is 0 Å². The van der Waals surface area contributed by atoms with Gasteiger partial charge in [-0.3, -0.25) is 9.59 Å². The van der Waals surface area contributed by atoms with Crippen molar-refractivity contribution in [3.8, 4) is 0 Å². The van der Waals surface area contributed by atoms with Crippen molar-refractivity contribution in [3.63, 3.8) is 0 Å². The number of thioether (sulfide) groups is 2. The molecule has 0 atom stereocenters. The van der Waals surface area contributed by atoms with Gasteiger partial charge in [0.05, 0.1) is 0 Å². The highest BCUT2D eigenvalue weighted by molar-refractivity contribution is 8.02. The molecule has 1 aliphatic rings. The smallest absolute Gasteiger partial charge is 0.327 e. The average Bonchev–Trinajstić information content (AvgIpc) is 2.48. The molecule has 6 nitrogen and oxygen atoms in total. The maximum atomic E-state index is 10.8. The molecule has 3 N–H and O–H groups in total. The lowest BCUT2D eigenvalue weighted by Gasteiger charge is -2.38. The minimum absolute atomic E-state index is 0.325. The Kier molecular flexibility index (Phi) is 14.5. The summed E-state index contributed by atoms with van der Waals surface area (Å²) >= 11 is 3.06. The molecule has 0 radical (unpaired) electrons. The number of carboxylic acid groups (broad SMARTS) is 3. The van der Waals surface area contributed by atoms with Crippen molar-refractivity contribution in [2.75, 3.05) is 0 Å². The second-order valence-corrected chi connectivity index (χ2v) is 12.4. The van der Waals surface area contributed by atoms with Crippen molar-refractivity contribution in [1.29, 1.82) is 0 Å². The van der Waals surface area contributed by atoms with Crippen LogP contribution in [-0.2, 0) is 14.4 Å². The first-order chi connectivity index (χ1) is 13.1. The van der Waals surface area contributed by atoms with Crippen molar-refractivity contribution in [1.82, 2.24) is 0 Å². The van der Waals surface area contributed by atoms with Gasteiger partial charge in [0, 0.05) is 16.6 Å². The summed E-state index contributed by atoms with van der Waals surface area (Å²) < 4.78 is -1.07. The van der Waals surface area contributed by atoms with Crippen LogP contribution in [0.4, 0.5) is 0 Å². The molecule has 1 aliphatic carbocycles. The Labute approximate surface area is 183 Å². The minimum atomic E-state index is -0.876. The first kappa shape index (κ1) is 30.0. The highest BCUT2D eigenvalue weighted by Crippen LogP contribution is 2.46. The van der Waals surface area contributed by atoms with Crippen LogP contribution in [0.1, 0.15) is 74.7 Å². The van der Waals surface area contributed by atoms with Crippen LogP contribution in [0.2, 0.25) is 0 Å². The van der Waals surface area contributed by atoms with Gasteiger partial charge in [-0.05, 0) is 39.0 Å². The Balaban J connectivity index is 0. The van der Waals surface area contributed by atoms with Gasteiger partial charge in [-0.1, -0.05) is 47.6 Å². The Morgan fingerprint density at radius 1 is 0.931 bits per heavy atom. The van der Waals surface area contributed by atoms with Crippen LogP contribution in [0.5, 0.6) is 0 Å². The third-order valence-electron chi connectivity index (χ3n) is 3.68. The number of aliphatic carboxylic acids is 3. The summed E-state index contributed by atoms with van der Waals surface area (Å²) in [5, 5.41) is 26.4. The number of allylic oxidation sites excluding steroid dienone is 1. The maximum Gasteiger partial charge on any atom is 0.327 e. The van der Waals surface area contributed by atoms with Gasteiger partial charge in [0.1, 0.15) is 9.49 Å². The van der Waals surface area contributed by atoms with Gasteiger partial charge in [-0.15, -0.1) is 23.5 Å². The second-order valence-electron chi connectivity index (χ2n) is 8.24. The third-order valence-corrected chi connectivity index (χ3v) is 6.42. The normalized spacial score (nSPS) is 15.3. The predicted octanol–water partition coefficient (Wildman–Crippen LogP) is 5.41. The lowest BCUT2D eigenvalue weighted by Crippen LogP contribution is -2.42. The summed E-state index contributed by atoms with van der Waals surface area (Å²) in [7, 11) is 0. The van der Waals surface area contributed by atoms with Gasteiger partial charge in [-0.2, -0.15) is 0 Å². The molecule has 29 heavy (non-hydrogen) atoms. The summed E-state index contributed by atoms with van der Waals surface area (Å²) in [6, 6.07) is 0. The molecule has 0 heterocycles. The largest absolute Gasteiger partial charge is 0.480 e. The molecule has 0 aromatic heterocycles. The van der Waals surface area contributed by atoms with Crippen LogP contribution in [0, 0.1) is 5.92 Å². The molecule has 0 saturated heterocycles. The molecule has 0 aliphatic heterocycles. The fourth-order valence-corrected chi connectivity index (χ4v) is 5.05. The van der Waals surface area contributed by atoms with E-state index in [9.17, 15) is 14.4 Å². The molecule has 0 amide bonds. The van der Waals surface area contributed by atoms with E-state index in [1.165, 1.54) is 11.8 Å². The van der Waals surface area contributed by atoms with Gasteiger partial charge in [0.25, 0.3) is 0 Å². The highest BCUT2D eigenvalue weighted by Gasteiger charge is 2.45. The monoisotopic (exact) mass is 450 g/mol. The standard InChI is InChI=1S/C8H14O2S.C7H14O2S.C6H10O2/c1-6(2)11-8(7(9)10)4-3-5-8;1-5(2)10-7(3,4)6(8)9;1-5(2)3-4-6(7)8/h6H,3-5H2,1-2H3,(H,9,10);5H,1-4H3,(H,8,9);3-5H,1-2H3,(H,7,8)/b;;4-3+. The lowest BCUT2D eigenvalue weighted by molar-refractivity contribution is -0.142. The summed E-state index contributed by atoms with van der Waals surface area (Å²) in [4.78, 5) is 31.2. The van der Waals surface area contributed by atoms with E-state index in [0.29, 0.717) is 16.4 Å². The van der Waals surface area contributed by atoms with Crippen molar-refractivity contribution in [2.45, 2.75) is 94.6 Å². The predicted molar refractivity (Wildman–Crippen MR) is 123 cm³/mol. The molecule has 0 unspecified atom stereocenters. The van der Waals surface area contributed by atoms with E-state index >= 15 is 0 Å². The Bertz CT molecular complexity index is 549. The first-order valence-corrected chi connectivity index (χ1v) is 11.5. The number of rotatable bonds is 8. The minimum Gasteiger partial charge on any atom is -0.480 e. The average molecular weight is 451 g/mol. The fraction of sp³-hybridized carbons (Fsp3) is 0.762. The van der Waals surface area contributed by atoms with E-state index in [1.54, 1.807) is 31.7 Å². The molecular formula is C21H38O6S2. The fourth-order valence-electron chi connectivity index (χ4n) is 2.25. The first-order valence-electron chi connectivity index (χ1n) is 9.79. The zero-order valence-electron chi connectivity index (χ0n) is 18.9. The summed E-state index contributed by atoms with van der Waals surface area (Å²) in [5.41, 5.74) is 0. The lowest BCUT2D eigenvalue weighted by atomic mass is 9.84. The zero-order valence-corrected chi connectivity index (χ0v) is 20.5. The topological polar surface area (TPSA) is 112 Å². The third kappa shape index (κ3) is 14.5. The van der Waals surface area contributed by atoms with Gasteiger partial charge >= 0.3 is 17.9 Å². The van der Waals surface area contributed by atoms with E-state index in [1.807, 2.05) is 41.5 Å². The van der Waals surface area contributed by atoms with Crippen LogP contribution in [0.15, 0.2) is 12.2 Å². The second kappa shape index (κ2) is 14.0. The van der Waals surface area contributed by atoms with Gasteiger partial charge in [-0.25, -0.2) is 4.79 Å². The SMILES string of the molecule is CC(C)/C=C/C(=O)O.CC(C)SC(C)(C)C(=O)O.CC(C)SC1(C(=O)O)CCC1. The molecule has 8 heteroatoms. The molecule has 1 saturated carbocycles. The van der Waals surface area contributed by atoms with Crippen molar-refractivity contribution in [3.05, 3.63) is 12.2 Å². The summed E-state index contributed by atoms with van der Waals surface area (Å²) in [6.45, 7) is 15.4. The van der Waals surface area contributed by atoms with Gasteiger partial charge in [0.15, 0.2) is 0 Å². The maximum absolute atomic E-state index is 10.8. The molecule has 0 aromatic rings.